The van der Waals surface area contributed by atoms with Crippen LogP contribution in [-0.2, 0) is 13.5 Å². The molecule has 0 aliphatic carbocycles. The standard InChI is InChI=1S/C16H18N4O/c1-20-11-19-15-14(20)7-9-18-16(15)17-8-6-12-4-3-5-13(10-12)21-2/h3-5,7,9-11H,6,8H2,1-2H3,(H,17,18). The molecule has 5 heteroatoms. The fourth-order valence-corrected chi connectivity index (χ4v) is 2.34. The summed E-state index contributed by atoms with van der Waals surface area (Å²) < 4.78 is 7.22. The SMILES string of the molecule is COc1cccc(CCNc2nccc3c2ncn3C)c1. The minimum absolute atomic E-state index is 0.801. The number of methoxy groups -OCH3 is 1. The lowest BCUT2D eigenvalue weighted by atomic mass is 10.1. The third-order valence-corrected chi connectivity index (χ3v) is 3.48. The van der Waals surface area contributed by atoms with E-state index in [-0.39, 0.29) is 0 Å². The molecular weight excluding hydrogens is 264 g/mol. The highest BCUT2D eigenvalue weighted by atomic mass is 16.5. The van der Waals surface area contributed by atoms with E-state index in [2.05, 4.69) is 27.4 Å². The zero-order valence-electron chi connectivity index (χ0n) is 12.2. The molecule has 3 aromatic rings. The Bertz CT molecular complexity index is 751. The van der Waals surface area contributed by atoms with Crippen molar-refractivity contribution < 1.29 is 4.74 Å². The highest BCUT2D eigenvalue weighted by Gasteiger charge is 2.06. The molecule has 21 heavy (non-hydrogen) atoms. The van der Waals surface area contributed by atoms with Gasteiger partial charge in [0.15, 0.2) is 5.82 Å². The van der Waals surface area contributed by atoms with Gasteiger partial charge < -0.3 is 14.6 Å². The van der Waals surface area contributed by atoms with Crippen LogP contribution in [0, 0.1) is 0 Å². The number of hydrogen-bond donors (Lipinski definition) is 1. The fraction of sp³-hybridized carbons (Fsp3) is 0.250. The van der Waals surface area contributed by atoms with Gasteiger partial charge in [-0.25, -0.2) is 9.97 Å². The second kappa shape index (κ2) is 5.83. The zero-order valence-corrected chi connectivity index (χ0v) is 12.2. The summed E-state index contributed by atoms with van der Waals surface area (Å²) in [4.78, 5) is 8.76. The Morgan fingerprint density at radius 2 is 2.14 bits per heavy atom. The van der Waals surface area contributed by atoms with Gasteiger partial charge in [-0.05, 0) is 30.2 Å². The Morgan fingerprint density at radius 1 is 1.24 bits per heavy atom. The number of nitrogens with one attached hydrogen (secondary N) is 1. The minimum Gasteiger partial charge on any atom is -0.497 e. The van der Waals surface area contributed by atoms with Crippen molar-refractivity contribution in [3.63, 3.8) is 0 Å². The largest absolute Gasteiger partial charge is 0.497 e. The van der Waals surface area contributed by atoms with Gasteiger partial charge in [-0.2, -0.15) is 0 Å². The summed E-state index contributed by atoms with van der Waals surface area (Å²) in [5.41, 5.74) is 3.22. The van der Waals surface area contributed by atoms with Gasteiger partial charge in [0.1, 0.15) is 11.3 Å². The van der Waals surface area contributed by atoms with Crippen molar-refractivity contribution in [1.82, 2.24) is 14.5 Å². The summed E-state index contributed by atoms with van der Waals surface area (Å²) in [5, 5.41) is 3.36. The Morgan fingerprint density at radius 3 is 3.00 bits per heavy atom. The number of hydrogen-bond acceptors (Lipinski definition) is 4. The maximum Gasteiger partial charge on any atom is 0.154 e. The van der Waals surface area contributed by atoms with E-state index in [0.717, 1.165) is 35.6 Å². The van der Waals surface area contributed by atoms with E-state index in [4.69, 9.17) is 4.74 Å². The molecule has 0 saturated carbocycles. The molecule has 2 aromatic heterocycles. The summed E-state index contributed by atoms with van der Waals surface area (Å²) in [6.45, 7) is 0.801. The first-order chi connectivity index (χ1) is 10.3. The minimum atomic E-state index is 0.801. The number of pyridine rings is 1. The molecule has 1 aromatic carbocycles. The van der Waals surface area contributed by atoms with Crippen molar-refractivity contribution in [3.05, 3.63) is 48.4 Å². The van der Waals surface area contributed by atoms with E-state index >= 15 is 0 Å². The molecule has 0 radical (unpaired) electrons. The fourth-order valence-electron chi connectivity index (χ4n) is 2.34. The smallest absolute Gasteiger partial charge is 0.154 e. The van der Waals surface area contributed by atoms with Crippen LogP contribution in [0.15, 0.2) is 42.9 Å². The van der Waals surface area contributed by atoms with Crippen molar-refractivity contribution in [1.29, 1.82) is 0 Å². The number of imidazole rings is 1. The van der Waals surface area contributed by atoms with E-state index in [1.165, 1.54) is 5.56 Å². The van der Waals surface area contributed by atoms with Gasteiger partial charge in [-0.1, -0.05) is 12.1 Å². The molecule has 0 spiro atoms. The van der Waals surface area contributed by atoms with Crippen molar-refractivity contribution in [2.24, 2.45) is 7.05 Å². The second-order valence-electron chi connectivity index (χ2n) is 4.91. The van der Waals surface area contributed by atoms with E-state index in [1.807, 2.05) is 29.8 Å². The molecule has 5 nitrogen and oxygen atoms in total. The third-order valence-electron chi connectivity index (χ3n) is 3.48. The molecule has 0 bridgehead atoms. The van der Waals surface area contributed by atoms with E-state index in [0.29, 0.717) is 0 Å². The molecule has 3 rings (SSSR count). The molecule has 2 heterocycles. The number of aromatic nitrogens is 3. The molecule has 0 fully saturated rings. The number of benzene rings is 1. The van der Waals surface area contributed by atoms with Gasteiger partial charge in [-0.15, -0.1) is 0 Å². The highest BCUT2D eigenvalue weighted by Crippen LogP contribution is 2.18. The average molecular weight is 282 g/mol. The topological polar surface area (TPSA) is 52.0 Å². The molecule has 0 saturated heterocycles. The van der Waals surface area contributed by atoms with Crippen LogP contribution in [0.3, 0.4) is 0 Å². The van der Waals surface area contributed by atoms with Crippen LogP contribution < -0.4 is 10.1 Å². The monoisotopic (exact) mass is 282 g/mol. The number of rotatable bonds is 5. The van der Waals surface area contributed by atoms with Crippen LogP contribution >= 0.6 is 0 Å². The molecule has 0 aliphatic rings. The molecule has 0 aliphatic heterocycles. The Balaban J connectivity index is 1.69. The van der Waals surface area contributed by atoms with Gasteiger partial charge >= 0.3 is 0 Å². The lowest BCUT2D eigenvalue weighted by molar-refractivity contribution is 0.414. The van der Waals surface area contributed by atoms with Crippen LogP contribution in [-0.4, -0.2) is 28.2 Å². The normalized spacial score (nSPS) is 10.8. The Labute approximate surface area is 123 Å². The average Bonchev–Trinajstić information content (AvgIpc) is 2.90. The van der Waals surface area contributed by atoms with Crippen molar-refractivity contribution in [3.8, 4) is 5.75 Å². The predicted molar refractivity (Wildman–Crippen MR) is 83.7 cm³/mol. The van der Waals surface area contributed by atoms with Gasteiger partial charge in [-0.3, -0.25) is 0 Å². The summed E-state index contributed by atoms with van der Waals surface area (Å²) in [6.07, 6.45) is 4.51. The van der Waals surface area contributed by atoms with Gasteiger partial charge in [0.05, 0.1) is 19.0 Å². The lowest BCUT2D eigenvalue weighted by Crippen LogP contribution is -2.07. The van der Waals surface area contributed by atoms with Crippen LogP contribution in [0.2, 0.25) is 0 Å². The lowest BCUT2D eigenvalue weighted by Gasteiger charge is -2.07. The van der Waals surface area contributed by atoms with Crippen molar-refractivity contribution in [2.45, 2.75) is 6.42 Å². The van der Waals surface area contributed by atoms with E-state index < -0.39 is 0 Å². The molecule has 0 amide bonds. The van der Waals surface area contributed by atoms with E-state index in [9.17, 15) is 0 Å². The van der Waals surface area contributed by atoms with Crippen LogP contribution in [0.4, 0.5) is 5.82 Å². The Hall–Kier alpha value is -2.56. The quantitative estimate of drug-likeness (QED) is 0.781. The molecular formula is C16H18N4O. The van der Waals surface area contributed by atoms with Gasteiger partial charge in [0, 0.05) is 19.8 Å². The van der Waals surface area contributed by atoms with Crippen LogP contribution in [0.25, 0.3) is 11.0 Å². The number of fused-ring (bicyclic) bond motifs is 1. The van der Waals surface area contributed by atoms with Crippen molar-refractivity contribution >= 4 is 16.9 Å². The number of aryl methyl sites for hydroxylation is 1. The summed E-state index contributed by atoms with van der Waals surface area (Å²) in [6, 6.07) is 10.1. The van der Waals surface area contributed by atoms with Gasteiger partial charge in [0.2, 0.25) is 0 Å². The predicted octanol–water partition coefficient (Wildman–Crippen LogP) is 2.63. The number of anilines is 1. The summed E-state index contributed by atoms with van der Waals surface area (Å²) >= 11 is 0. The maximum absolute atomic E-state index is 5.23. The summed E-state index contributed by atoms with van der Waals surface area (Å²) in [7, 11) is 3.67. The molecule has 1 N–H and O–H groups in total. The van der Waals surface area contributed by atoms with Crippen LogP contribution in [0.1, 0.15) is 5.56 Å². The first-order valence-electron chi connectivity index (χ1n) is 6.91. The van der Waals surface area contributed by atoms with E-state index in [1.54, 1.807) is 19.6 Å². The number of ether oxygens (including phenoxy) is 1. The summed E-state index contributed by atoms with van der Waals surface area (Å²) in [5.74, 6) is 1.72. The number of nitrogens with zero attached hydrogens (tertiary/aromatic N) is 3. The van der Waals surface area contributed by atoms with Crippen molar-refractivity contribution in [2.75, 3.05) is 19.0 Å². The van der Waals surface area contributed by atoms with Gasteiger partial charge in [0.25, 0.3) is 0 Å². The zero-order chi connectivity index (χ0) is 14.7. The first kappa shape index (κ1) is 13.4. The molecule has 108 valence electrons. The first-order valence-corrected chi connectivity index (χ1v) is 6.91. The second-order valence-corrected chi connectivity index (χ2v) is 4.91. The van der Waals surface area contributed by atoms with Crippen LogP contribution in [0.5, 0.6) is 5.75 Å². The Kier molecular flexibility index (Phi) is 3.73. The highest BCUT2D eigenvalue weighted by molar-refractivity contribution is 5.85. The maximum atomic E-state index is 5.23. The third kappa shape index (κ3) is 2.81. The molecule has 0 unspecified atom stereocenters. The molecule has 0 atom stereocenters.